The number of carbonyl (C=O) groups is 1. The Kier molecular flexibility index (Phi) is 3.91. The molecule has 0 aromatic heterocycles. The van der Waals surface area contributed by atoms with Gasteiger partial charge in [-0.25, -0.2) is 0 Å². The van der Waals surface area contributed by atoms with Gasteiger partial charge >= 0.3 is 0 Å². The van der Waals surface area contributed by atoms with Gasteiger partial charge in [-0.15, -0.1) is 0 Å². The third-order valence-electron chi connectivity index (χ3n) is 3.08. The van der Waals surface area contributed by atoms with Gasteiger partial charge in [0.25, 0.3) is 0 Å². The minimum atomic E-state index is -0.728. The molecule has 1 aliphatic carbocycles. The number of methoxy groups -OCH3 is 1. The molecule has 0 heterocycles. The highest BCUT2D eigenvalue weighted by Gasteiger charge is 2.27. The van der Waals surface area contributed by atoms with Crippen molar-refractivity contribution in [1.82, 2.24) is 5.32 Å². The molecule has 0 saturated heterocycles. The molecule has 19 heavy (non-hydrogen) atoms. The second kappa shape index (κ2) is 5.61. The fourth-order valence-corrected chi connectivity index (χ4v) is 1.82. The minimum absolute atomic E-state index is 0.0132. The number of hydrogen-bond donors (Lipinski definition) is 2. The number of phenols is 1. The first kappa shape index (κ1) is 13.2. The highest BCUT2D eigenvalue weighted by molar-refractivity contribution is 5.82. The molecule has 1 aromatic carbocycles. The largest absolute Gasteiger partial charge is 0.504 e. The lowest BCUT2D eigenvalue weighted by molar-refractivity contribution is -0.123. The standard InChI is InChI=1S/C14H16N2O3/c1-19-13-5-2-9(7-12(13)17)6-10(8-15)14(18)16-11-3-4-11/h2,5,7,10-11,17H,3-4,6H2,1H3,(H,16,18). The predicted octanol–water partition coefficient (Wildman–Crippen LogP) is 1.36. The van der Waals surface area contributed by atoms with Crippen LogP contribution in [0.15, 0.2) is 18.2 Å². The van der Waals surface area contributed by atoms with Gasteiger partial charge in [0.2, 0.25) is 5.91 Å². The van der Waals surface area contributed by atoms with Gasteiger partial charge in [-0.2, -0.15) is 5.26 Å². The van der Waals surface area contributed by atoms with E-state index >= 15 is 0 Å². The summed E-state index contributed by atoms with van der Waals surface area (Å²) in [6, 6.07) is 7.14. The Morgan fingerprint density at radius 1 is 1.63 bits per heavy atom. The Balaban J connectivity index is 2.03. The molecule has 2 N–H and O–H groups in total. The van der Waals surface area contributed by atoms with E-state index in [1.807, 2.05) is 6.07 Å². The summed E-state index contributed by atoms with van der Waals surface area (Å²) in [4.78, 5) is 11.8. The van der Waals surface area contributed by atoms with Gasteiger partial charge < -0.3 is 15.2 Å². The zero-order valence-electron chi connectivity index (χ0n) is 10.7. The number of nitriles is 1. The van der Waals surface area contributed by atoms with Gasteiger partial charge in [0.15, 0.2) is 11.5 Å². The van der Waals surface area contributed by atoms with Crippen LogP contribution in [-0.2, 0) is 11.2 Å². The van der Waals surface area contributed by atoms with E-state index in [4.69, 9.17) is 10.00 Å². The van der Waals surface area contributed by atoms with Crippen molar-refractivity contribution >= 4 is 5.91 Å². The van der Waals surface area contributed by atoms with E-state index in [0.717, 1.165) is 18.4 Å². The molecular formula is C14H16N2O3. The van der Waals surface area contributed by atoms with Crippen molar-refractivity contribution < 1.29 is 14.6 Å². The van der Waals surface area contributed by atoms with Crippen LogP contribution in [0.25, 0.3) is 0 Å². The summed E-state index contributed by atoms with van der Waals surface area (Å²) in [5, 5.41) is 21.5. The second-order valence-electron chi connectivity index (χ2n) is 4.67. The summed E-state index contributed by atoms with van der Waals surface area (Å²) in [6.07, 6.45) is 2.27. The number of nitrogens with one attached hydrogen (secondary N) is 1. The number of aromatic hydroxyl groups is 1. The van der Waals surface area contributed by atoms with E-state index in [2.05, 4.69) is 5.32 Å². The summed E-state index contributed by atoms with van der Waals surface area (Å²) in [5.74, 6) is -0.576. The molecule has 2 rings (SSSR count). The van der Waals surface area contributed by atoms with Crippen LogP contribution in [0.4, 0.5) is 0 Å². The Hall–Kier alpha value is -2.22. The van der Waals surface area contributed by atoms with Crippen molar-refractivity contribution in [3.8, 4) is 17.6 Å². The minimum Gasteiger partial charge on any atom is -0.504 e. The molecule has 0 spiro atoms. The number of nitrogens with zero attached hydrogens (tertiary/aromatic N) is 1. The molecule has 0 bridgehead atoms. The van der Waals surface area contributed by atoms with E-state index in [9.17, 15) is 9.90 Å². The zero-order valence-corrected chi connectivity index (χ0v) is 10.7. The number of phenolic OH excluding ortho intramolecular Hbond substituents is 1. The Bertz CT molecular complexity index is 518. The van der Waals surface area contributed by atoms with Crippen molar-refractivity contribution in [2.45, 2.75) is 25.3 Å². The Labute approximate surface area is 111 Å². The quantitative estimate of drug-likeness (QED) is 0.837. The summed E-state index contributed by atoms with van der Waals surface area (Å²) < 4.78 is 4.95. The monoisotopic (exact) mass is 260 g/mol. The Morgan fingerprint density at radius 2 is 2.37 bits per heavy atom. The summed E-state index contributed by atoms with van der Waals surface area (Å²) in [6.45, 7) is 0. The average Bonchev–Trinajstić information content (AvgIpc) is 3.20. The number of rotatable bonds is 5. The van der Waals surface area contributed by atoms with Crippen molar-refractivity contribution in [1.29, 1.82) is 5.26 Å². The van der Waals surface area contributed by atoms with Crippen LogP contribution in [-0.4, -0.2) is 24.2 Å². The van der Waals surface area contributed by atoms with Gasteiger partial charge in [0.05, 0.1) is 13.2 Å². The van der Waals surface area contributed by atoms with E-state index in [-0.39, 0.29) is 24.1 Å². The van der Waals surface area contributed by atoms with Crippen molar-refractivity contribution in [2.75, 3.05) is 7.11 Å². The van der Waals surface area contributed by atoms with Crippen molar-refractivity contribution in [2.24, 2.45) is 5.92 Å². The lowest BCUT2D eigenvalue weighted by Crippen LogP contribution is -2.32. The zero-order chi connectivity index (χ0) is 13.8. The molecule has 1 amide bonds. The third kappa shape index (κ3) is 3.38. The van der Waals surface area contributed by atoms with Gasteiger partial charge in [-0.1, -0.05) is 6.07 Å². The first-order chi connectivity index (χ1) is 9.13. The van der Waals surface area contributed by atoms with Crippen LogP contribution in [0.3, 0.4) is 0 Å². The van der Waals surface area contributed by atoms with Gasteiger partial charge in [-0.3, -0.25) is 4.79 Å². The van der Waals surface area contributed by atoms with Gasteiger partial charge in [-0.05, 0) is 37.0 Å². The van der Waals surface area contributed by atoms with Crippen LogP contribution in [0.1, 0.15) is 18.4 Å². The molecule has 100 valence electrons. The van der Waals surface area contributed by atoms with Crippen molar-refractivity contribution in [3.63, 3.8) is 0 Å². The highest BCUT2D eigenvalue weighted by atomic mass is 16.5. The first-order valence-electron chi connectivity index (χ1n) is 6.20. The highest BCUT2D eigenvalue weighted by Crippen LogP contribution is 2.27. The molecular weight excluding hydrogens is 244 g/mol. The molecule has 5 nitrogen and oxygen atoms in total. The van der Waals surface area contributed by atoms with Gasteiger partial charge in [0, 0.05) is 6.04 Å². The van der Waals surface area contributed by atoms with E-state index in [0.29, 0.717) is 5.75 Å². The number of benzene rings is 1. The summed E-state index contributed by atoms with van der Waals surface area (Å²) >= 11 is 0. The van der Waals surface area contributed by atoms with Crippen LogP contribution < -0.4 is 10.1 Å². The van der Waals surface area contributed by atoms with E-state index in [1.165, 1.54) is 13.2 Å². The van der Waals surface area contributed by atoms with Crippen LogP contribution in [0, 0.1) is 17.2 Å². The molecule has 1 saturated carbocycles. The second-order valence-corrected chi connectivity index (χ2v) is 4.67. The first-order valence-corrected chi connectivity index (χ1v) is 6.20. The third-order valence-corrected chi connectivity index (χ3v) is 3.08. The summed E-state index contributed by atoms with van der Waals surface area (Å²) in [5.41, 5.74) is 0.732. The van der Waals surface area contributed by atoms with Gasteiger partial charge in [0.1, 0.15) is 5.92 Å². The maximum absolute atomic E-state index is 11.8. The predicted molar refractivity (Wildman–Crippen MR) is 68.6 cm³/mol. The van der Waals surface area contributed by atoms with Crippen LogP contribution in [0.5, 0.6) is 11.5 Å². The molecule has 5 heteroatoms. The molecule has 1 aliphatic rings. The van der Waals surface area contributed by atoms with Crippen LogP contribution in [0.2, 0.25) is 0 Å². The molecule has 0 radical (unpaired) electrons. The van der Waals surface area contributed by atoms with E-state index in [1.54, 1.807) is 12.1 Å². The molecule has 1 atom stereocenters. The SMILES string of the molecule is COc1ccc(CC(C#N)C(=O)NC2CC2)cc1O. The number of carbonyl (C=O) groups excluding carboxylic acids is 1. The number of hydrogen-bond acceptors (Lipinski definition) is 4. The molecule has 1 unspecified atom stereocenters. The molecule has 1 fully saturated rings. The smallest absolute Gasteiger partial charge is 0.237 e. The normalized spacial score (nSPS) is 15.4. The average molecular weight is 260 g/mol. The number of ether oxygens (including phenoxy) is 1. The van der Waals surface area contributed by atoms with Crippen LogP contribution >= 0.6 is 0 Å². The topological polar surface area (TPSA) is 82.3 Å². The fourth-order valence-electron chi connectivity index (χ4n) is 1.82. The Morgan fingerprint density at radius 3 is 2.89 bits per heavy atom. The van der Waals surface area contributed by atoms with Crippen molar-refractivity contribution in [3.05, 3.63) is 23.8 Å². The fraction of sp³-hybridized carbons (Fsp3) is 0.429. The maximum Gasteiger partial charge on any atom is 0.237 e. The molecule has 1 aromatic rings. The lowest BCUT2D eigenvalue weighted by atomic mass is 9.99. The number of amides is 1. The maximum atomic E-state index is 11.8. The van der Waals surface area contributed by atoms with E-state index < -0.39 is 5.92 Å². The summed E-state index contributed by atoms with van der Waals surface area (Å²) in [7, 11) is 1.47. The lowest BCUT2D eigenvalue weighted by Gasteiger charge is -2.11. The molecule has 0 aliphatic heterocycles.